The summed E-state index contributed by atoms with van der Waals surface area (Å²) in [4.78, 5) is 22.4. The normalized spacial score (nSPS) is 13.9. The van der Waals surface area contributed by atoms with E-state index in [9.17, 15) is 9.59 Å². The van der Waals surface area contributed by atoms with Gasteiger partial charge in [-0.15, -0.1) is 0 Å². The number of rotatable bonds is 6. The van der Waals surface area contributed by atoms with E-state index in [-0.39, 0.29) is 18.1 Å². The zero-order valence-corrected chi connectivity index (χ0v) is 12.3. The van der Waals surface area contributed by atoms with Crippen LogP contribution in [-0.4, -0.2) is 30.1 Å². The maximum atomic E-state index is 11.5. The number of hydrogen-bond acceptors (Lipinski definition) is 3. The zero-order valence-electron chi connectivity index (χ0n) is 10.2. The number of carboxylic acids is 1. The van der Waals surface area contributed by atoms with E-state index in [1.54, 1.807) is 6.07 Å². The van der Waals surface area contributed by atoms with Crippen molar-refractivity contribution in [2.75, 3.05) is 13.2 Å². The van der Waals surface area contributed by atoms with Gasteiger partial charge in [0, 0.05) is 6.54 Å². The highest BCUT2D eigenvalue weighted by Crippen LogP contribution is 2.27. The lowest BCUT2D eigenvalue weighted by atomic mass is 10.2. The van der Waals surface area contributed by atoms with Gasteiger partial charge in [-0.3, -0.25) is 4.79 Å². The molecule has 5 nitrogen and oxygen atoms in total. The van der Waals surface area contributed by atoms with Crippen molar-refractivity contribution in [2.45, 2.75) is 12.8 Å². The Morgan fingerprint density at radius 1 is 1.42 bits per heavy atom. The number of amides is 1. The molecule has 0 aliphatic heterocycles. The summed E-state index contributed by atoms with van der Waals surface area (Å²) in [6, 6.07) is 4.59. The van der Waals surface area contributed by atoms with Gasteiger partial charge in [0.1, 0.15) is 5.75 Å². The molecule has 1 aromatic carbocycles. The van der Waals surface area contributed by atoms with Crippen molar-refractivity contribution >= 4 is 34.5 Å². The molecule has 1 fully saturated rings. The molecule has 0 unspecified atom stereocenters. The van der Waals surface area contributed by atoms with E-state index in [2.05, 4.69) is 5.32 Å². The quantitative estimate of drug-likeness (QED) is 0.745. The molecule has 1 aliphatic carbocycles. The number of carbonyl (C=O) groups excluding carboxylic acids is 1. The molecule has 102 valence electrons. The average molecular weight is 375 g/mol. The molecule has 1 amide bonds. The highest BCUT2D eigenvalue weighted by atomic mass is 127. The van der Waals surface area contributed by atoms with Crippen LogP contribution >= 0.6 is 22.6 Å². The molecule has 1 aliphatic rings. The van der Waals surface area contributed by atoms with Crippen LogP contribution in [0.3, 0.4) is 0 Å². The molecule has 0 radical (unpaired) electrons. The Labute approximate surface area is 124 Å². The van der Waals surface area contributed by atoms with E-state index in [0.29, 0.717) is 18.2 Å². The predicted octanol–water partition coefficient (Wildman–Crippen LogP) is 1.89. The number of carboxylic acid groups (broad SMARTS) is 1. The zero-order chi connectivity index (χ0) is 13.8. The minimum atomic E-state index is -1.01. The van der Waals surface area contributed by atoms with E-state index >= 15 is 0 Å². The molecule has 0 spiro atoms. The van der Waals surface area contributed by atoms with Crippen LogP contribution in [0.1, 0.15) is 23.2 Å². The Bertz CT molecular complexity index is 499. The molecule has 19 heavy (non-hydrogen) atoms. The first-order valence-corrected chi connectivity index (χ1v) is 7.06. The average Bonchev–Trinajstić information content (AvgIpc) is 3.19. The monoisotopic (exact) mass is 375 g/mol. The van der Waals surface area contributed by atoms with Gasteiger partial charge < -0.3 is 15.2 Å². The fourth-order valence-electron chi connectivity index (χ4n) is 1.52. The minimum absolute atomic E-state index is 0.0915. The molecule has 6 heteroatoms. The van der Waals surface area contributed by atoms with Crippen molar-refractivity contribution in [3.8, 4) is 5.75 Å². The Balaban J connectivity index is 1.88. The molecule has 1 aromatic rings. The van der Waals surface area contributed by atoms with Crippen LogP contribution in [0.15, 0.2) is 18.2 Å². The van der Waals surface area contributed by atoms with Gasteiger partial charge in [0.25, 0.3) is 5.91 Å². The summed E-state index contributed by atoms with van der Waals surface area (Å²) < 4.78 is 6.13. The van der Waals surface area contributed by atoms with Gasteiger partial charge in [-0.05, 0) is 59.5 Å². The fraction of sp³-hybridized carbons (Fsp3) is 0.385. The standard InChI is InChI=1S/C13H14INO4/c14-10-4-3-9(13(17)18)5-11(10)19-7-12(16)15-6-8-1-2-8/h3-5,8H,1-2,6-7H2,(H,15,16)(H,17,18). The first-order chi connectivity index (χ1) is 9.06. The van der Waals surface area contributed by atoms with Gasteiger partial charge in [-0.25, -0.2) is 4.79 Å². The Morgan fingerprint density at radius 3 is 2.79 bits per heavy atom. The molecular formula is C13H14INO4. The summed E-state index contributed by atoms with van der Waals surface area (Å²) in [7, 11) is 0. The predicted molar refractivity (Wildman–Crippen MR) is 77.3 cm³/mol. The van der Waals surface area contributed by atoms with Crippen LogP contribution in [-0.2, 0) is 4.79 Å². The van der Waals surface area contributed by atoms with Crippen molar-refractivity contribution < 1.29 is 19.4 Å². The van der Waals surface area contributed by atoms with Crippen molar-refractivity contribution in [3.05, 3.63) is 27.3 Å². The highest BCUT2D eigenvalue weighted by Gasteiger charge is 2.21. The van der Waals surface area contributed by atoms with Crippen molar-refractivity contribution in [1.82, 2.24) is 5.32 Å². The molecular weight excluding hydrogens is 361 g/mol. The van der Waals surface area contributed by atoms with Crippen LogP contribution < -0.4 is 10.1 Å². The van der Waals surface area contributed by atoms with E-state index in [4.69, 9.17) is 9.84 Å². The summed E-state index contributed by atoms with van der Waals surface area (Å²) in [5.41, 5.74) is 0.147. The van der Waals surface area contributed by atoms with Gasteiger partial charge in [0.05, 0.1) is 9.13 Å². The van der Waals surface area contributed by atoms with E-state index in [1.807, 2.05) is 22.6 Å². The van der Waals surface area contributed by atoms with E-state index < -0.39 is 5.97 Å². The molecule has 1 saturated carbocycles. The summed E-state index contributed by atoms with van der Waals surface area (Å²) in [6.07, 6.45) is 2.36. The van der Waals surface area contributed by atoms with Crippen molar-refractivity contribution in [1.29, 1.82) is 0 Å². The molecule has 0 bridgehead atoms. The summed E-state index contributed by atoms with van der Waals surface area (Å²) in [5, 5.41) is 11.7. The van der Waals surface area contributed by atoms with Crippen LogP contribution in [0.25, 0.3) is 0 Å². The second-order valence-electron chi connectivity index (χ2n) is 4.49. The lowest BCUT2D eigenvalue weighted by Crippen LogP contribution is -2.30. The Kier molecular flexibility index (Phi) is 4.62. The van der Waals surface area contributed by atoms with Gasteiger partial charge in [-0.2, -0.15) is 0 Å². The number of halogens is 1. The SMILES string of the molecule is O=C(COc1cc(C(=O)O)ccc1I)NCC1CC1. The van der Waals surface area contributed by atoms with Gasteiger partial charge in [0.2, 0.25) is 0 Å². The third-order valence-electron chi connectivity index (χ3n) is 2.82. The molecule has 0 aromatic heterocycles. The Morgan fingerprint density at radius 2 is 2.16 bits per heavy atom. The van der Waals surface area contributed by atoms with Crippen LogP contribution in [0.4, 0.5) is 0 Å². The van der Waals surface area contributed by atoms with Crippen molar-refractivity contribution in [2.24, 2.45) is 5.92 Å². The summed E-state index contributed by atoms with van der Waals surface area (Å²) >= 11 is 2.04. The number of nitrogens with one attached hydrogen (secondary N) is 1. The van der Waals surface area contributed by atoms with E-state index in [1.165, 1.54) is 25.0 Å². The summed E-state index contributed by atoms with van der Waals surface area (Å²) in [5.74, 6) is -0.149. The molecule has 0 saturated heterocycles. The minimum Gasteiger partial charge on any atom is -0.483 e. The maximum Gasteiger partial charge on any atom is 0.335 e. The maximum absolute atomic E-state index is 11.5. The second-order valence-corrected chi connectivity index (χ2v) is 5.65. The number of hydrogen-bond donors (Lipinski definition) is 2. The molecule has 0 atom stereocenters. The van der Waals surface area contributed by atoms with Gasteiger partial charge >= 0.3 is 5.97 Å². The molecule has 2 N–H and O–H groups in total. The largest absolute Gasteiger partial charge is 0.483 e. The first-order valence-electron chi connectivity index (χ1n) is 5.98. The van der Waals surface area contributed by atoms with Gasteiger partial charge in [-0.1, -0.05) is 0 Å². The highest BCUT2D eigenvalue weighted by molar-refractivity contribution is 14.1. The number of aromatic carboxylic acids is 1. The third-order valence-corrected chi connectivity index (χ3v) is 3.71. The first kappa shape index (κ1) is 14.1. The molecule has 2 rings (SSSR count). The smallest absolute Gasteiger partial charge is 0.335 e. The number of carbonyl (C=O) groups is 2. The third kappa shape index (κ3) is 4.38. The van der Waals surface area contributed by atoms with Crippen LogP contribution in [0, 0.1) is 9.49 Å². The fourth-order valence-corrected chi connectivity index (χ4v) is 2.01. The van der Waals surface area contributed by atoms with Crippen molar-refractivity contribution in [3.63, 3.8) is 0 Å². The number of benzene rings is 1. The summed E-state index contributed by atoms with van der Waals surface area (Å²) in [6.45, 7) is 0.611. The van der Waals surface area contributed by atoms with Gasteiger partial charge in [0.15, 0.2) is 6.61 Å². The molecule has 0 heterocycles. The van der Waals surface area contributed by atoms with Crippen LogP contribution in [0.2, 0.25) is 0 Å². The lowest BCUT2D eigenvalue weighted by molar-refractivity contribution is -0.123. The lowest BCUT2D eigenvalue weighted by Gasteiger charge is -2.09. The number of ether oxygens (including phenoxy) is 1. The van der Waals surface area contributed by atoms with Crippen LogP contribution in [0.5, 0.6) is 5.75 Å². The Hall–Kier alpha value is -1.31. The van der Waals surface area contributed by atoms with E-state index in [0.717, 1.165) is 3.57 Å². The topological polar surface area (TPSA) is 75.6 Å². The second kappa shape index (κ2) is 6.23.